The molecular formula is C19H17F3N4O4. The Bertz CT molecular complexity index is 1010. The van der Waals surface area contributed by atoms with E-state index in [0.29, 0.717) is 30.8 Å². The summed E-state index contributed by atoms with van der Waals surface area (Å²) in [5.74, 6) is -8.80. The van der Waals surface area contributed by atoms with Crippen molar-refractivity contribution in [2.45, 2.75) is 43.8 Å². The molecule has 11 heteroatoms. The molecule has 2 N–H and O–H groups in total. The Balaban J connectivity index is 1.66. The predicted octanol–water partition coefficient (Wildman–Crippen LogP) is 0.446. The lowest BCUT2D eigenvalue weighted by molar-refractivity contribution is -0.136. The van der Waals surface area contributed by atoms with Gasteiger partial charge in [-0.2, -0.15) is 0 Å². The van der Waals surface area contributed by atoms with Gasteiger partial charge in [-0.1, -0.05) is 0 Å². The maximum absolute atomic E-state index is 15.0. The standard InChI is InChI=1S/C19H17F3N4O4/c20-13-11-12(19(30)26(18(11)29)9-3-4-10(27)24-17(9)28)16(15(22)14(13)21)25-7-1-2-8(25)6-23-5-7/h7-9,23H,1-6H2,(H,24,27,28)/t7-,8+,9?. The van der Waals surface area contributed by atoms with E-state index in [9.17, 15) is 32.3 Å². The van der Waals surface area contributed by atoms with Crippen LogP contribution in [-0.4, -0.2) is 59.7 Å². The van der Waals surface area contributed by atoms with Gasteiger partial charge in [-0.3, -0.25) is 29.4 Å². The normalized spacial score (nSPS) is 28.3. The van der Waals surface area contributed by atoms with Gasteiger partial charge >= 0.3 is 0 Å². The van der Waals surface area contributed by atoms with Crippen LogP contribution in [-0.2, 0) is 9.59 Å². The Morgan fingerprint density at radius 2 is 1.43 bits per heavy atom. The second-order valence-corrected chi connectivity index (χ2v) is 7.94. The molecule has 30 heavy (non-hydrogen) atoms. The second kappa shape index (κ2) is 6.53. The van der Waals surface area contributed by atoms with E-state index in [1.165, 1.54) is 0 Å². The number of hydrogen-bond acceptors (Lipinski definition) is 6. The molecule has 3 atom stereocenters. The molecule has 0 spiro atoms. The molecule has 4 aliphatic heterocycles. The number of carbonyl (C=O) groups excluding carboxylic acids is 4. The molecule has 1 aromatic rings. The average Bonchev–Trinajstić information content (AvgIpc) is 3.09. The number of nitrogens with zero attached hydrogens (tertiary/aromatic N) is 2. The number of fused-ring (bicyclic) bond motifs is 3. The largest absolute Gasteiger partial charge is 0.360 e. The molecule has 0 aromatic heterocycles. The Morgan fingerprint density at radius 3 is 2.07 bits per heavy atom. The Morgan fingerprint density at radius 1 is 0.800 bits per heavy atom. The van der Waals surface area contributed by atoms with Crippen LogP contribution in [0.4, 0.5) is 18.9 Å². The van der Waals surface area contributed by atoms with Crippen molar-refractivity contribution in [2.75, 3.05) is 18.0 Å². The number of halogens is 3. The summed E-state index contributed by atoms with van der Waals surface area (Å²) >= 11 is 0. The van der Waals surface area contributed by atoms with E-state index >= 15 is 0 Å². The van der Waals surface area contributed by atoms with Crippen LogP contribution in [0, 0.1) is 17.5 Å². The molecule has 4 aliphatic rings. The molecule has 158 valence electrons. The molecule has 4 amide bonds. The zero-order valence-electron chi connectivity index (χ0n) is 15.6. The van der Waals surface area contributed by atoms with Crippen LogP contribution >= 0.6 is 0 Å². The highest BCUT2D eigenvalue weighted by atomic mass is 19.2. The Labute approximate surface area is 168 Å². The number of benzene rings is 1. The first-order valence-corrected chi connectivity index (χ1v) is 9.72. The van der Waals surface area contributed by atoms with Gasteiger partial charge in [0.2, 0.25) is 11.8 Å². The molecule has 0 saturated carbocycles. The van der Waals surface area contributed by atoms with Crippen molar-refractivity contribution in [2.24, 2.45) is 0 Å². The summed E-state index contributed by atoms with van der Waals surface area (Å²) in [5, 5.41) is 5.20. The summed E-state index contributed by atoms with van der Waals surface area (Å²) < 4.78 is 44.1. The number of piperidine rings is 1. The number of rotatable bonds is 2. The number of nitrogens with one attached hydrogen (secondary N) is 2. The number of piperazine rings is 1. The quantitative estimate of drug-likeness (QED) is 0.531. The van der Waals surface area contributed by atoms with Crippen molar-refractivity contribution >= 4 is 29.3 Å². The van der Waals surface area contributed by atoms with Crippen LogP contribution in [0.1, 0.15) is 46.4 Å². The summed E-state index contributed by atoms with van der Waals surface area (Å²) in [6, 6.07) is -1.83. The van der Waals surface area contributed by atoms with E-state index in [1.807, 2.05) is 5.32 Å². The lowest BCUT2D eigenvalue weighted by atomic mass is 10.0. The molecule has 0 radical (unpaired) electrons. The van der Waals surface area contributed by atoms with Crippen molar-refractivity contribution in [3.63, 3.8) is 0 Å². The molecule has 5 rings (SSSR count). The number of anilines is 1. The monoisotopic (exact) mass is 422 g/mol. The zero-order chi connectivity index (χ0) is 21.3. The van der Waals surface area contributed by atoms with E-state index in [-0.39, 0.29) is 24.9 Å². The fraction of sp³-hybridized carbons (Fsp3) is 0.474. The summed E-state index contributed by atoms with van der Waals surface area (Å²) in [5.41, 5.74) is -1.84. The molecular weight excluding hydrogens is 405 g/mol. The molecule has 4 heterocycles. The first kappa shape index (κ1) is 19.0. The van der Waals surface area contributed by atoms with Gasteiger partial charge in [-0.15, -0.1) is 0 Å². The highest BCUT2D eigenvalue weighted by Gasteiger charge is 2.51. The minimum absolute atomic E-state index is 0.121. The highest BCUT2D eigenvalue weighted by Crippen LogP contribution is 2.43. The molecule has 3 fully saturated rings. The van der Waals surface area contributed by atoms with E-state index in [4.69, 9.17) is 0 Å². The van der Waals surface area contributed by atoms with Crippen molar-refractivity contribution in [3.05, 3.63) is 28.6 Å². The van der Waals surface area contributed by atoms with Gasteiger partial charge in [-0.05, 0) is 19.3 Å². The number of imide groups is 2. The molecule has 1 aromatic carbocycles. The maximum atomic E-state index is 15.0. The van der Waals surface area contributed by atoms with Gasteiger partial charge in [0.05, 0.1) is 16.8 Å². The molecule has 2 bridgehead atoms. The lowest BCUT2D eigenvalue weighted by Gasteiger charge is -2.38. The van der Waals surface area contributed by atoms with Gasteiger partial charge in [0, 0.05) is 31.6 Å². The molecule has 3 saturated heterocycles. The van der Waals surface area contributed by atoms with Crippen LogP contribution in [0.2, 0.25) is 0 Å². The Kier molecular flexibility index (Phi) is 4.14. The average molecular weight is 422 g/mol. The van der Waals surface area contributed by atoms with E-state index in [2.05, 4.69) is 5.32 Å². The number of hydrogen-bond donors (Lipinski definition) is 2. The van der Waals surface area contributed by atoms with E-state index in [0.717, 1.165) is 0 Å². The third kappa shape index (κ3) is 2.44. The van der Waals surface area contributed by atoms with Crippen molar-refractivity contribution in [1.82, 2.24) is 15.5 Å². The molecule has 1 unspecified atom stereocenters. The first-order chi connectivity index (χ1) is 14.3. The van der Waals surface area contributed by atoms with E-state index in [1.54, 1.807) is 4.90 Å². The minimum atomic E-state index is -1.83. The maximum Gasteiger partial charge on any atom is 0.265 e. The van der Waals surface area contributed by atoms with Crippen LogP contribution < -0.4 is 15.5 Å². The zero-order valence-corrected chi connectivity index (χ0v) is 15.6. The minimum Gasteiger partial charge on any atom is -0.360 e. The van der Waals surface area contributed by atoms with Crippen LogP contribution in [0.15, 0.2) is 0 Å². The Hall–Kier alpha value is -2.95. The van der Waals surface area contributed by atoms with Crippen LogP contribution in [0.3, 0.4) is 0 Å². The predicted molar refractivity (Wildman–Crippen MR) is 95.1 cm³/mol. The van der Waals surface area contributed by atoms with Crippen molar-refractivity contribution in [3.8, 4) is 0 Å². The van der Waals surface area contributed by atoms with Gasteiger partial charge in [-0.25, -0.2) is 13.2 Å². The number of carbonyl (C=O) groups is 4. The summed E-state index contributed by atoms with van der Waals surface area (Å²) in [7, 11) is 0. The van der Waals surface area contributed by atoms with Crippen LogP contribution in [0.5, 0.6) is 0 Å². The van der Waals surface area contributed by atoms with Crippen LogP contribution in [0.25, 0.3) is 0 Å². The topological polar surface area (TPSA) is 98.8 Å². The fourth-order valence-electron chi connectivity index (χ4n) is 4.99. The molecule has 8 nitrogen and oxygen atoms in total. The first-order valence-electron chi connectivity index (χ1n) is 9.72. The lowest BCUT2D eigenvalue weighted by Crippen LogP contribution is -2.54. The summed E-state index contributed by atoms with van der Waals surface area (Å²) in [6.07, 6.45) is 1.08. The van der Waals surface area contributed by atoms with Crippen molar-refractivity contribution < 1.29 is 32.3 Å². The summed E-state index contributed by atoms with van der Waals surface area (Å²) in [6.45, 7) is 0.950. The highest BCUT2D eigenvalue weighted by molar-refractivity contribution is 6.25. The smallest absolute Gasteiger partial charge is 0.265 e. The van der Waals surface area contributed by atoms with Gasteiger partial charge in [0.25, 0.3) is 11.8 Å². The van der Waals surface area contributed by atoms with Crippen molar-refractivity contribution in [1.29, 1.82) is 0 Å². The van der Waals surface area contributed by atoms with E-state index < -0.39 is 63.9 Å². The third-order valence-corrected chi connectivity index (χ3v) is 6.32. The SMILES string of the molecule is O=C1CCC(N2C(=O)c3c(F)c(F)c(F)c(N4[C@@H]5CC[C@H]4CNC5)c3C2=O)C(=O)N1. The second-order valence-electron chi connectivity index (χ2n) is 7.94. The number of amides is 4. The summed E-state index contributed by atoms with van der Waals surface area (Å²) in [4.78, 5) is 51.8. The van der Waals surface area contributed by atoms with Gasteiger partial charge < -0.3 is 10.2 Å². The van der Waals surface area contributed by atoms with Gasteiger partial charge in [0.15, 0.2) is 17.5 Å². The molecule has 0 aliphatic carbocycles. The third-order valence-electron chi connectivity index (χ3n) is 6.32. The fourth-order valence-corrected chi connectivity index (χ4v) is 4.99. The van der Waals surface area contributed by atoms with Gasteiger partial charge in [0.1, 0.15) is 6.04 Å².